The summed E-state index contributed by atoms with van der Waals surface area (Å²) in [6.07, 6.45) is 0.913. The Labute approximate surface area is 198 Å². The van der Waals surface area contributed by atoms with Crippen molar-refractivity contribution in [1.29, 1.82) is 0 Å². The van der Waals surface area contributed by atoms with E-state index in [1.807, 2.05) is 18.2 Å². The molecule has 2 aliphatic heterocycles. The summed E-state index contributed by atoms with van der Waals surface area (Å²) in [7, 11) is 0. The number of ether oxygens (including phenoxy) is 1. The lowest BCUT2D eigenvalue weighted by molar-refractivity contribution is -0.172. The van der Waals surface area contributed by atoms with Crippen LogP contribution >= 0.6 is 15.9 Å². The number of pyridine rings is 2. The molecular formula is C26H21BrN2O4. The van der Waals surface area contributed by atoms with Crippen molar-refractivity contribution in [2.24, 2.45) is 0 Å². The van der Waals surface area contributed by atoms with Crippen molar-refractivity contribution >= 4 is 43.6 Å². The van der Waals surface area contributed by atoms with E-state index in [-0.39, 0.29) is 18.6 Å². The lowest BCUT2D eigenvalue weighted by Crippen LogP contribution is -2.44. The van der Waals surface area contributed by atoms with E-state index in [0.717, 1.165) is 49.4 Å². The molecule has 0 saturated heterocycles. The number of carbonyl (C=O) groups excluding carboxylic acids is 1. The molecule has 166 valence electrons. The predicted molar refractivity (Wildman–Crippen MR) is 129 cm³/mol. The third-order valence-electron chi connectivity index (χ3n) is 7.13. The van der Waals surface area contributed by atoms with Crippen molar-refractivity contribution in [2.75, 3.05) is 0 Å². The average molecular weight is 505 g/mol. The van der Waals surface area contributed by atoms with Crippen molar-refractivity contribution < 1.29 is 14.6 Å². The van der Waals surface area contributed by atoms with Crippen LogP contribution in [-0.2, 0) is 34.7 Å². The zero-order valence-corrected chi connectivity index (χ0v) is 19.8. The molecule has 2 aliphatic rings. The zero-order valence-electron chi connectivity index (χ0n) is 18.2. The summed E-state index contributed by atoms with van der Waals surface area (Å²) in [6.45, 7) is 4.11. The van der Waals surface area contributed by atoms with Gasteiger partial charge in [-0.15, -0.1) is 0 Å². The summed E-state index contributed by atoms with van der Waals surface area (Å²) < 4.78 is 7.90. The number of halogens is 1. The molecule has 0 spiro atoms. The predicted octanol–water partition coefficient (Wildman–Crippen LogP) is 4.56. The van der Waals surface area contributed by atoms with Gasteiger partial charge in [-0.2, -0.15) is 0 Å². The first-order valence-electron chi connectivity index (χ1n) is 11.1. The summed E-state index contributed by atoms with van der Waals surface area (Å²) in [4.78, 5) is 30.8. The minimum absolute atomic E-state index is 0.124. The third-order valence-corrected chi connectivity index (χ3v) is 7.82. The Kier molecular flexibility index (Phi) is 4.35. The third kappa shape index (κ3) is 2.60. The lowest BCUT2D eigenvalue weighted by Gasteiger charge is -2.31. The van der Waals surface area contributed by atoms with Gasteiger partial charge in [0.25, 0.3) is 5.56 Å². The number of benzene rings is 2. The van der Waals surface area contributed by atoms with Crippen LogP contribution in [0.25, 0.3) is 33.1 Å². The van der Waals surface area contributed by atoms with Crippen molar-refractivity contribution in [3.05, 3.63) is 73.5 Å². The molecule has 0 unspecified atom stereocenters. The van der Waals surface area contributed by atoms with Crippen LogP contribution in [0.1, 0.15) is 42.5 Å². The minimum atomic E-state index is -1.82. The van der Waals surface area contributed by atoms with Gasteiger partial charge >= 0.3 is 5.97 Å². The molecule has 2 aromatic carbocycles. The van der Waals surface area contributed by atoms with Gasteiger partial charge in [0.15, 0.2) is 5.60 Å². The summed E-state index contributed by atoms with van der Waals surface area (Å²) in [5.74, 6) is -0.710. The van der Waals surface area contributed by atoms with E-state index < -0.39 is 11.6 Å². The van der Waals surface area contributed by atoms with E-state index in [1.165, 1.54) is 0 Å². The van der Waals surface area contributed by atoms with E-state index in [4.69, 9.17) is 9.72 Å². The smallest absolute Gasteiger partial charge is 0.343 e. The van der Waals surface area contributed by atoms with E-state index in [0.29, 0.717) is 23.4 Å². The van der Waals surface area contributed by atoms with Gasteiger partial charge in [0.05, 0.1) is 29.0 Å². The molecular weight excluding hydrogens is 484 g/mol. The number of esters is 1. The Morgan fingerprint density at radius 2 is 1.97 bits per heavy atom. The van der Waals surface area contributed by atoms with Crippen LogP contribution < -0.4 is 5.56 Å². The van der Waals surface area contributed by atoms with Crippen LogP contribution in [0.2, 0.25) is 0 Å². The maximum atomic E-state index is 13.5. The highest BCUT2D eigenvalue weighted by Crippen LogP contribution is 2.42. The molecule has 6 rings (SSSR count). The fraction of sp³-hybridized carbons (Fsp3) is 0.269. The Hall–Kier alpha value is -3.03. The number of hydrogen-bond acceptors (Lipinski definition) is 5. The molecule has 4 heterocycles. The van der Waals surface area contributed by atoms with Gasteiger partial charge in [-0.1, -0.05) is 48.0 Å². The first-order valence-corrected chi connectivity index (χ1v) is 11.9. The molecule has 7 heteroatoms. The van der Waals surface area contributed by atoms with Gasteiger partial charge in [0, 0.05) is 21.0 Å². The van der Waals surface area contributed by atoms with Gasteiger partial charge in [-0.25, -0.2) is 9.78 Å². The highest BCUT2D eigenvalue weighted by Gasteiger charge is 2.45. The van der Waals surface area contributed by atoms with Crippen molar-refractivity contribution in [3.8, 4) is 11.4 Å². The number of hydrogen-bond donors (Lipinski definition) is 1. The van der Waals surface area contributed by atoms with E-state index in [9.17, 15) is 14.7 Å². The fourth-order valence-electron chi connectivity index (χ4n) is 5.38. The van der Waals surface area contributed by atoms with Crippen molar-refractivity contribution in [3.63, 3.8) is 0 Å². The number of fused-ring (bicyclic) bond motifs is 7. The van der Waals surface area contributed by atoms with Crippen LogP contribution in [0.4, 0.5) is 0 Å². The Bertz CT molecular complexity index is 1590. The number of cyclic esters (lactones) is 1. The summed E-state index contributed by atoms with van der Waals surface area (Å²) in [5.41, 5.74) is 3.05. The maximum absolute atomic E-state index is 13.5. The number of carbonyl (C=O) groups is 1. The molecule has 0 fully saturated rings. The lowest BCUT2D eigenvalue weighted by atomic mass is 9.86. The van der Waals surface area contributed by atoms with Gasteiger partial charge in [0.1, 0.15) is 6.61 Å². The molecule has 0 radical (unpaired) electrons. The van der Waals surface area contributed by atoms with Crippen LogP contribution in [0.5, 0.6) is 0 Å². The van der Waals surface area contributed by atoms with Gasteiger partial charge in [-0.05, 0) is 47.4 Å². The molecule has 1 N–H and O–H groups in total. The summed E-state index contributed by atoms with van der Waals surface area (Å²) in [6, 6.07) is 12.0. The van der Waals surface area contributed by atoms with Gasteiger partial charge in [-0.3, -0.25) is 4.79 Å². The highest BCUT2D eigenvalue weighted by atomic mass is 79.9. The van der Waals surface area contributed by atoms with Gasteiger partial charge < -0.3 is 14.4 Å². The molecule has 33 heavy (non-hydrogen) atoms. The van der Waals surface area contributed by atoms with E-state index >= 15 is 0 Å². The first kappa shape index (κ1) is 20.6. The number of aromatic nitrogens is 2. The largest absolute Gasteiger partial charge is 0.458 e. The second-order valence-corrected chi connectivity index (χ2v) is 9.52. The number of aryl methyl sites for hydroxylation is 1. The van der Waals surface area contributed by atoms with Gasteiger partial charge in [0.2, 0.25) is 0 Å². The molecule has 6 nitrogen and oxygen atoms in total. The average Bonchev–Trinajstić information content (AvgIpc) is 3.19. The highest BCUT2D eigenvalue weighted by molar-refractivity contribution is 9.10. The summed E-state index contributed by atoms with van der Waals surface area (Å²) in [5, 5.41) is 14.4. The molecule has 0 saturated carbocycles. The fourth-order valence-corrected chi connectivity index (χ4v) is 5.88. The number of rotatable bonds is 2. The topological polar surface area (TPSA) is 81.4 Å². The summed E-state index contributed by atoms with van der Waals surface area (Å²) >= 11 is 3.66. The number of nitrogens with zero attached hydrogens (tertiary/aromatic N) is 2. The second-order valence-electron chi connectivity index (χ2n) is 8.67. The zero-order chi connectivity index (χ0) is 23.1. The monoisotopic (exact) mass is 504 g/mol. The van der Waals surface area contributed by atoms with Crippen molar-refractivity contribution in [2.45, 2.75) is 45.4 Å². The quantitative estimate of drug-likeness (QED) is 0.281. The van der Waals surface area contributed by atoms with E-state index in [1.54, 1.807) is 17.6 Å². The molecule has 2 aromatic heterocycles. The van der Waals surface area contributed by atoms with Crippen LogP contribution in [0, 0.1) is 0 Å². The standard InChI is InChI=1S/C26H21BrN2O4/c1-3-13-16-11-29-21(10-18-17(24(29)30)12-33-25(31)26(18,32)4-2)23(16)28-20-9-8-14-15(22(13)20)6-5-7-19(14)27/h5-10,32H,3-4,11-12H2,1-2H3/t26-/m0/s1. The molecule has 0 amide bonds. The molecule has 0 aliphatic carbocycles. The van der Waals surface area contributed by atoms with Crippen LogP contribution in [-0.4, -0.2) is 20.6 Å². The van der Waals surface area contributed by atoms with Crippen LogP contribution in [0.15, 0.2) is 45.7 Å². The molecule has 0 bridgehead atoms. The second kappa shape index (κ2) is 6.98. The van der Waals surface area contributed by atoms with Crippen LogP contribution in [0.3, 0.4) is 0 Å². The van der Waals surface area contributed by atoms with Crippen molar-refractivity contribution in [1.82, 2.24) is 9.55 Å². The Morgan fingerprint density at radius 3 is 2.73 bits per heavy atom. The SMILES string of the molecule is CCc1c2c(nc3ccc4c(Br)cccc4c13)-c1cc3c(c(=O)n1C2)COC(=O)[C@]3(O)CC. The minimum Gasteiger partial charge on any atom is -0.458 e. The Balaban J connectivity index is 1.69. The first-order chi connectivity index (χ1) is 15.9. The Morgan fingerprint density at radius 1 is 1.15 bits per heavy atom. The number of aliphatic hydroxyl groups is 1. The maximum Gasteiger partial charge on any atom is 0.343 e. The molecule has 1 atom stereocenters. The normalized spacial score (nSPS) is 18.8. The molecule has 4 aromatic rings. The van der Waals surface area contributed by atoms with E-state index in [2.05, 4.69) is 35.0 Å².